The zero-order valence-corrected chi connectivity index (χ0v) is 35.0. The number of carboxylic acid groups (broad SMARTS) is 1. The minimum atomic E-state index is -0.880. The van der Waals surface area contributed by atoms with Crippen molar-refractivity contribution in [2.24, 2.45) is 0 Å². The summed E-state index contributed by atoms with van der Waals surface area (Å²) in [6.45, 7) is 4.65. The van der Waals surface area contributed by atoms with E-state index in [4.69, 9.17) is 14.2 Å². The van der Waals surface area contributed by atoms with Crippen molar-refractivity contribution in [2.75, 3.05) is 41.0 Å². The van der Waals surface area contributed by atoms with Gasteiger partial charge < -0.3 is 23.8 Å². The molecule has 0 aromatic heterocycles. The van der Waals surface area contributed by atoms with Gasteiger partial charge in [-0.1, -0.05) is 140 Å². The number of quaternary nitrogens is 1. The summed E-state index contributed by atoms with van der Waals surface area (Å²) in [4.78, 5) is 36.8. The first-order chi connectivity index (χ1) is 25.6. The molecule has 0 radical (unpaired) electrons. The van der Waals surface area contributed by atoms with Crippen molar-refractivity contribution >= 4 is 17.9 Å². The summed E-state index contributed by atoms with van der Waals surface area (Å²) in [7, 11) is 5.51. The lowest BCUT2D eigenvalue weighted by atomic mass is 10.1. The molecule has 308 valence electrons. The van der Waals surface area contributed by atoms with Crippen LogP contribution in [0.4, 0.5) is 0 Å². The summed E-state index contributed by atoms with van der Waals surface area (Å²) in [5.41, 5.74) is 0. The molecular formula is C45H82NO7+. The highest BCUT2D eigenvalue weighted by Gasteiger charge is 2.31. The Labute approximate surface area is 325 Å². The molecule has 0 rings (SSSR count). The number of hydrogen-bond donors (Lipinski definition) is 1. The van der Waals surface area contributed by atoms with Gasteiger partial charge in [0.05, 0.1) is 34.4 Å². The molecule has 8 heteroatoms. The maximum atomic E-state index is 12.6. The number of rotatable bonds is 38. The number of aliphatic carboxylic acids is 1. The van der Waals surface area contributed by atoms with E-state index in [1.807, 2.05) is 21.1 Å². The van der Waals surface area contributed by atoms with Crippen LogP contribution in [0.5, 0.6) is 0 Å². The average Bonchev–Trinajstić information content (AvgIpc) is 3.11. The van der Waals surface area contributed by atoms with E-state index in [2.05, 4.69) is 50.3 Å². The summed E-state index contributed by atoms with van der Waals surface area (Å²) >= 11 is 0. The van der Waals surface area contributed by atoms with Gasteiger partial charge >= 0.3 is 17.9 Å². The zero-order valence-electron chi connectivity index (χ0n) is 35.0. The Balaban J connectivity index is 4.25. The van der Waals surface area contributed by atoms with Gasteiger partial charge in [0.25, 0.3) is 0 Å². The lowest BCUT2D eigenvalue weighted by Gasteiger charge is -2.31. The van der Waals surface area contributed by atoms with Gasteiger partial charge in [-0.25, -0.2) is 4.79 Å². The monoisotopic (exact) mass is 749 g/mol. The molecule has 0 saturated heterocycles. The van der Waals surface area contributed by atoms with Crippen LogP contribution in [0.15, 0.2) is 36.5 Å². The van der Waals surface area contributed by atoms with Gasteiger partial charge in [0.2, 0.25) is 0 Å². The summed E-state index contributed by atoms with van der Waals surface area (Å²) in [5.74, 6) is -1.52. The van der Waals surface area contributed by atoms with Crippen LogP contribution in [0, 0.1) is 0 Å². The molecule has 53 heavy (non-hydrogen) atoms. The van der Waals surface area contributed by atoms with Crippen molar-refractivity contribution in [1.82, 2.24) is 0 Å². The number of carboxylic acids is 1. The predicted octanol–water partition coefficient (Wildman–Crippen LogP) is 11.5. The van der Waals surface area contributed by atoms with Crippen molar-refractivity contribution in [3.8, 4) is 0 Å². The van der Waals surface area contributed by atoms with Crippen LogP contribution in [0.1, 0.15) is 181 Å². The lowest BCUT2D eigenvalue weighted by Crippen LogP contribution is -2.50. The summed E-state index contributed by atoms with van der Waals surface area (Å²) in [5, 5.41) is 9.59. The quantitative estimate of drug-likeness (QED) is 0.0221. The number of allylic oxidation sites excluding steroid dienone is 6. The largest absolute Gasteiger partial charge is 0.477 e. The smallest absolute Gasteiger partial charge is 0.362 e. The maximum Gasteiger partial charge on any atom is 0.362 e. The van der Waals surface area contributed by atoms with Crippen molar-refractivity contribution in [2.45, 2.75) is 193 Å². The highest BCUT2D eigenvalue weighted by Crippen LogP contribution is 2.14. The van der Waals surface area contributed by atoms with Gasteiger partial charge in [0.15, 0.2) is 12.1 Å². The Bertz CT molecular complexity index is 968. The standard InChI is InChI=1S/C45H81NO7/c1-6-8-10-12-14-16-17-18-19-20-21-22-23-24-25-26-28-29-31-33-35-43(47)52-40-41(39-51-38-37-42(45(49)50)46(3,4)5)53-44(48)36-34-32-30-27-15-13-11-9-7-2/h16-19,27,30,41-42H,6-15,20-26,28-29,31-40H2,1-5H3/p+1/b17-16+,19-18+,30-27+. The van der Waals surface area contributed by atoms with E-state index in [9.17, 15) is 19.5 Å². The van der Waals surface area contributed by atoms with Gasteiger partial charge in [-0.2, -0.15) is 0 Å². The first-order valence-corrected chi connectivity index (χ1v) is 21.5. The zero-order chi connectivity index (χ0) is 39.3. The fourth-order valence-corrected chi connectivity index (χ4v) is 6.14. The normalized spacial score (nSPS) is 13.3. The van der Waals surface area contributed by atoms with Crippen LogP contribution < -0.4 is 0 Å². The maximum absolute atomic E-state index is 12.6. The van der Waals surface area contributed by atoms with Gasteiger partial charge in [-0.15, -0.1) is 0 Å². The molecule has 2 unspecified atom stereocenters. The number of esters is 2. The van der Waals surface area contributed by atoms with Crippen LogP contribution in [0.3, 0.4) is 0 Å². The molecule has 0 heterocycles. The third-order valence-corrected chi connectivity index (χ3v) is 9.54. The van der Waals surface area contributed by atoms with E-state index in [0.29, 0.717) is 19.3 Å². The van der Waals surface area contributed by atoms with Crippen LogP contribution in [0.2, 0.25) is 0 Å². The van der Waals surface area contributed by atoms with Crippen molar-refractivity contribution in [3.63, 3.8) is 0 Å². The molecule has 0 aliphatic rings. The molecule has 0 aromatic carbocycles. The first-order valence-electron chi connectivity index (χ1n) is 21.5. The summed E-state index contributed by atoms with van der Waals surface area (Å²) in [6.07, 6.45) is 40.6. The van der Waals surface area contributed by atoms with Gasteiger partial charge in [-0.05, 0) is 57.8 Å². The molecule has 1 N–H and O–H groups in total. The molecule has 0 spiro atoms. The minimum Gasteiger partial charge on any atom is -0.477 e. The highest BCUT2D eigenvalue weighted by atomic mass is 16.6. The molecule has 0 aromatic rings. The van der Waals surface area contributed by atoms with Crippen LogP contribution >= 0.6 is 0 Å². The Morgan fingerprint density at radius 2 is 1.02 bits per heavy atom. The molecule has 0 amide bonds. The Hall–Kier alpha value is -2.45. The van der Waals surface area contributed by atoms with Crippen molar-refractivity contribution in [3.05, 3.63) is 36.5 Å². The Morgan fingerprint density at radius 3 is 1.53 bits per heavy atom. The first kappa shape index (κ1) is 50.5. The number of hydrogen-bond acceptors (Lipinski definition) is 6. The second-order valence-corrected chi connectivity index (χ2v) is 15.6. The number of carbonyl (C=O) groups is 3. The van der Waals surface area contributed by atoms with Gasteiger partial charge in [-0.3, -0.25) is 9.59 Å². The van der Waals surface area contributed by atoms with E-state index < -0.39 is 18.1 Å². The van der Waals surface area contributed by atoms with E-state index in [1.165, 1.54) is 109 Å². The molecule has 0 aliphatic carbocycles. The van der Waals surface area contributed by atoms with E-state index >= 15 is 0 Å². The molecular weight excluding hydrogens is 666 g/mol. The fraction of sp³-hybridized carbons (Fsp3) is 0.800. The lowest BCUT2D eigenvalue weighted by molar-refractivity contribution is -0.887. The van der Waals surface area contributed by atoms with Crippen molar-refractivity contribution in [1.29, 1.82) is 0 Å². The third kappa shape index (κ3) is 35.0. The number of carbonyl (C=O) groups excluding carboxylic acids is 2. The predicted molar refractivity (Wildman–Crippen MR) is 220 cm³/mol. The van der Waals surface area contributed by atoms with Crippen molar-refractivity contribution < 1.29 is 38.2 Å². The molecule has 0 bridgehead atoms. The Kier molecular flexibility index (Phi) is 34.8. The number of ether oxygens (including phenoxy) is 3. The fourth-order valence-electron chi connectivity index (χ4n) is 6.14. The number of unbranched alkanes of at least 4 members (excludes halogenated alkanes) is 19. The highest BCUT2D eigenvalue weighted by molar-refractivity contribution is 5.72. The third-order valence-electron chi connectivity index (χ3n) is 9.54. The average molecular weight is 749 g/mol. The molecule has 0 fully saturated rings. The molecule has 0 aliphatic heterocycles. The number of nitrogens with zero attached hydrogens (tertiary/aromatic N) is 1. The van der Waals surface area contributed by atoms with E-state index in [-0.39, 0.29) is 42.7 Å². The van der Waals surface area contributed by atoms with E-state index in [0.717, 1.165) is 32.1 Å². The second-order valence-electron chi connectivity index (χ2n) is 15.6. The summed E-state index contributed by atoms with van der Waals surface area (Å²) < 4.78 is 17.2. The molecule has 8 nitrogen and oxygen atoms in total. The van der Waals surface area contributed by atoms with Crippen LogP contribution in [-0.4, -0.2) is 80.6 Å². The van der Waals surface area contributed by atoms with Gasteiger partial charge in [0, 0.05) is 19.3 Å². The number of likely N-dealkylation sites (N-methyl/N-ethyl adjacent to an activating group) is 1. The van der Waals surface area contributed by atoms with Crippen LogP contribution in [-0.2, 0) is 28.6 Å². The van der Waals surface area contributed by atoms with Gasteiger partial charge in [0.1, 0.15) is 6.61 Å². The summed E-state index contributed by atoms with van der Waals surface area (Å²) in [6, 6.07) is -0.617. The molecule has 0 saturated carbocycles. The van der Waals surface area contributed by atoms with Crippen LogP contribution in [0.25, 0.3) is 0 Å². The minimum absolute atomic E-state index is 0.0497. The second kappa shape index (κ2) is 36.5. The topological polar surface area (TPSA) is 99.1 Å². The van der Waals surface area contributed by atoms with E-state index in [1.54, 1.807) is 0 Å². The molecule has 2 atom stereocenters. The Morgan fingerprint density at radius 1 is 0.566 bits per heavy atom. The SMILES string of the molecule is CCCCCC/C=C/C=C/CCCCCCCCCCCCC(=O)OCC(COCCC(C(=O)O)[N+](C)(C)C)OC(=O)CCC/C=C/CCCCCC.